The fourth-order valence-corrected chi connectivity index (χ4v) is 4.35. The van der Waals surface area contributed by atoms with E-state index in [9.17, 15) is 18.8 Å². The van der Waals surface area contributed by atoms with Gasteiger partial charge in [-0.15, -0.1) is 0 Å². The Morgan fingerprint density at radius 1 is 1.11 bits per heavy atom. The van der Waals surface area contributed by atoms with E-state index >= 15 is 0 Å². The molecule has 1 saturated heterocycles. The summed E-state index contributed by atoms with van der Waals surface area (Å²) in [5.74, 6) is -0.699. The van der Waals surface area contributed by atoms with Crippen LogP contribution in [0.4, 0.5) is 10.1 Å². The molecule has 1 aromatic carbocycles. The first kappa shape index (κ1) is 27.4. The molecule has 1 aliphatic carbocycles. The minimum atomic E-state index is -0.403. The number of rotatable bonds is 6. The Hall–Kier alpha value is -3.17. The SMILES string of the molecule is CNC(=O)c1ccc(C(=O)Nc2cc(F)cc(CN3CCN(C)CC3)c2C)cn1.O=CC1CCCC1. The Morgan fingerprint density at radius 3 is 2.36 bits per heavy atom. The molecule has 2 aliphatic rings. The summed E-state index contributed by atoms with van der Waals surface area (Å²) in [5, 5.41) is 5.24. The number of piperazine rings is 1. The standard InChI is InChI=1S/C21H26FN5O2.C6H10O/c1-14-16(13-27-8-6-26(3)7-9-27)10-17(22)11-19(14)25-20(28)15-4-5-18(24-12-15)21(29)23-2;7-5-6-3-1-2-4-6/h4-5,10-12H,6-9,13H2,1-3H3,(H,23,29)(H,25,28);5-6H,1-4H2. The van der Waals surface area contributed by atoms with Gasteiger partial charge in [0, 0.05) is 57.6 Å². The van der Waals surface area contributed by atoms with E-state index in [1.807, 2.05) is 6.92 Å². The number of aromatic nitrogens is 1. The number of likely N-dealkylation sites (N-methyl/N-ethyl adjacent to an activating group) is 1. The van der Waals surface area contributed by atoms with Gasteiger partial charge in [0.2, 0.25) is 0 Å². The van der Waals surface area contributed by atoms with Crippen LogP contribution < -0.4 is 10.6 Å². The van der Waals surface area contributed by atoms with Gasteiger partial charge in [-0.05, 0) is 62.2 Å². The fraction of sp³-hybridized carbons (Fsp3) is 0.481. The monoisotopic (exact) mass is 497 g/mol. The topological polar surface area (TPSA) is 94.6 Å². The van der Waals surface area contributed by atoms with Crippen molar-refractivity contribution < 1.29 is 18.8 Å². The van der Waals surface area contributed by atoms with E-state index in [1.54, 1.807) is 0 Å². The maximum absolute atomic E-state index is 14.2. The van der Waals surface area contributed by atoms with Crippen LogP contribution in [0.25, 0.3) is 0 Å². The highest BCUT2D eigenvalue weighted by Crippen LogP contribution is 2.24. The summed E-state index contributed by atoms with van der Waals surface area (Å²) < 4.78 is 14.2. The highest BCUT2D eigenvalue weighted by Gasteiger charge is 2.18. The number of hydrogen-bond donors (Lipinski definition) is 2. The van der Waals surface area contributed by atoms with Crippen molar-refractivity contribution in [2.45, 2.75) is 39.2 Å². The highest BCUT2D eigenvalue weighted by molar-refractivity contribution is 6.05. The molecule has 36 heavy (non-hydrogen) atoms. The van der Waals surface area contributed by atoms with Crippen LogP contribution >= 0.6 is 0 Å². The number of benzene rings is 1. The summed E-state index contributed by atoms with van der Waals surface area (Å²) in [6.45, 7) is 6.35. The van der Waals surface area contributed by atoms with Gasteiger partial charge in [-0.1, -0.05) is 12.8 Å². The molecule has 2 amide bonds. The Kier molecular flexibility index (Phi) is 10.1. The third-order valence-electron chi connectivity index (χ3n) is 6.80. The average molecular weight is 498 g/mol. The van der Waals surface area contributed by atoms with Crippen molar-refractivity contribution in [1.82, 2.24) is 20.1 Å². The molecule has 9 heteroatoms. The molecule has 2 heterocycles. The molecule has 4 rings (SSSR count). The zero-order chi connectivity index (χ0) is 26.1. The summed E-state index contributed by atoms with van der Waals surface area (Å²) in [5.41, 5.74) is 2.66. The molecular weight excluding hydrogens is 461 g/mol. The van der Waals surface area contributed by atoms with Crippen LogP contribution in [0.15, 0.2) is 30.5 Å². The molecule has 2 aromatic rings. The molecule has 8 nitrogen and oxygen atoms in total. The van der Waals surface area contributed by atoms with Crippen molar-refractivity contribution in [1.29, 1.82) is 0 Å². The van der Waals surface area contributed by atoms with Crippen molar-refractivity contribution in [2.24, 2.45) is 5.92 Å². The van der Waals surface area contributed by atoms with Gasteiger partial charge in [0.05, 0.1) is 5.56 Å². The van der Waals surface area contributed by atoms with Crippen LogP contribution in [0.5, 0.6) is 0 Å². The van der Waals surface area contributed by atoms with Crippen LogP contribution in [-0.2, 0) is 11.3 Å². The lowest BCUT2D eigenvalue weighted by Crippen LogP contribution is -2.44. The van der Waals surface area contributed by atoms with Gasteiger partial charge in [-0.3, -0.25) is 19.5 Å². The molecule has 0 radical (unpaired) electrons. The van der Waals surface area contributed by atoms with E-state index in [1.165, 1.54) is 50.4 Å². The van der Waals surface area contributed by atoms with Crippen molar-refractivity contribution in [3.8, 4) is 0 Å². The van der Waals surface area contributed by atoms with Crippen molar-refractivity contribution in [3.05, 3.63) is 58.7 Å². The number of anilines is 1. The van der Waals surface area contributed by atoms with Gasteiger partial charge in [-0.25, -0.2) is 4.39 Å². The number of aldehydes is 1. The van der Waals surface area contributed by atoms with Crippen molar-refractivity contribution in [2.75, 3.05) is 45.6 Å². The fourth-order valence-electron chi connectivity index (χ4n) is 4.35. The number of nitrogens with one attached hydrogen (secondary N) is 2. The molecule has 2 fully saturated rings. The number of nitrogens with zero attached hydrogens (tertiary/aromatic N) is 3. The molecule has 1 aliphatic heterocycles. The summed E-state index contributed by atoms with van der Waals surface area (Å²) in [6, 6.07) is 5.85. The second-order valence-corrected chi connectivity index (χ2v) is 9.46. The van der Waals surface area contributed by atoms with Crippen LogP contribution in [0.1, 0.15) is 57.7 Å². The Morgan fingerprint density at radius 2 is 1.81 bits per heavy atom. The first-order chi connectivity index (χ1) is 17.3. The van der Waals surface area contributed by atoms with Crippen LogP contribution in [0.3, 0.4) is 0 Å². The van der Waals surface area contributed by atoms with E-state index in [-0.39, 0.29) is 17.4 Å². The van der Waals surface area contributed by atoms with Gasteiger partial charge >= 0.3 is 0 Å². The summed E-state index contributed by atoms with van der Waals surface area (Å²) in [6.07, 6.45) is 7.24. The quantitative estimate of drug-likeness (QED) is 0.595. The molecule has 194 valence electrons. The van der Waals surface area contributed by atoms with Crippen LogP contribution in [0.2, 0.25) is 0 Å². The number of pyridine rings is 1. The normalized spacial score (nSPS) is 16.7. The minimum Gasteiger partial charge on any atom is -0.354 e. The molecule has 1 saturated carbocycles. The van der Waals surface area contributed by atoms with E-state index in [4.69, 9.17) is 0 Å². The Balaban J connectivity index is 0.000000444. The number of halogens is 1. The molecule has 0 atom stereocenters. The van der Waals surface area contributed by atoms with Crippen LogP contribution in [-0.4, -0.2) is 73.2 Å². The Labute approximate surface area is 212 Å². The van der Waals surface area contributed by atoms with E-state index in [0.717, 1.165) is 56.4 Å². The zero-order valence-corrected chi connectivity index (χ0v) is 21.3. The van der Waals surface area contributed by atoms with Gasteiger partial charge in [0.1, 0.15) is 17.8 Å². The average Bonchev–Trinajstić information content (AvgIpc) is 3.42. The highest BCUT2D eigenvalue weighted by atomic mass is 19.1. The molecular formula is C27H36FN5O3. The summed E-state index contributed by atoms with van der Waals surface area (Å²) in [7, 11) is 3.60. The lowest BCUT2D eigenvalue weighted by atomic mass is 10.0. The second-order valence-electron chi connectivity index (χ2n) is 9.46. The maximum atomic E-state index is 14.2. The third-order valence-corrected chi connectivity index (χ3v) is 6.80. The number of amides is 2. The number of carbonyl (C=O) groups excluding carboxylic acids is 3. The van der Waals surface area contributed by atoms with Crippen molar-refractivity contribution in [3.63, 3.8) is 0 Å². The van der Waals surface area contributed by atoms with Gasteiger partial charge in [-0.2, -0.15) is 0 Å². The number of hydrogen-bond acceptors (Lipinski definition) is 6. The van der Waals surface area contributed by atoms with E-state index < -0.39 is 5.91 Å². The summed E-state index contributed by atoms with van der Waals surface area (Å²) >= 11 is 0. The predicted octanol–water partition coefficient (Wildman–Crippen LogP) is 3.26. The molecule has 0 spiro atoms. The smallest absolute Gasteiger partial charge is 0.269 e. The molecule has 0 unspecified atom stereocenters. The maximum Gasteiger partial charge on any atom is 0.269 e. The van der Waals surface area contributed by atoms with Gasteiger partial charge in [0.25, 0.3) is 11.8 Å². The molecule has 2 N–H and O–H groups in total. The zero-order valence-electron chi connectivity index (χ0n) is 21.3. The largest absolute Gasteiger partial charge is 0.354 e. The van der Waals surface area contributed by atoms with Crippen LogP contribution in [0, 0.1) is 18.7 Å². The minimum absolute atomic E-state index is 0.223. The lowest BCUT2D eigenvalue weighted by Gasteiger charge is -2.32. The van der Waals surface area contributed by atoms with E-state index in [2.05, 4.69) is 32.5 Å². The first-order valence-electron chi connectivity index (χ1n) is 12.5. The Bertz CT molecular complexity index is 1050. The van der Waals surface area contributed by atoms with Crippen molar-refractivity contribution >= 4 is 23.8 Å². The van der Waals surface area contributed by atoms with E-state index in [0.29, 0.717) is 23.7 Å². The lowest BCUT2D eigenvalue weighted by molar-refractivity contribution is -0.110. The second kappa shape index (κ2) is 13.2. The summed E-state index contributed by atoms with van der Waals surface area (Å²) in [4.78, 5) is 42.7. The molecule has 0 bridgehead atoms. The third kappa shape index (κ3) is 7.66. The number of carbonyl (C=O) groups is 3. The van der Waals surface area contributed by atoms with Gasteiger partial charge < -0.3 is 20.3 Å². The van der Waals surface area contributed by atoms with Gasteiger partial charge in [0.15, 0.2) is 0 Å². The first-order valence-corrected chi connectivity index (χ1v) is 12.5. The predicted molar refractivity (Wildman–Crippen MR) is 138 cm³/mol. The molecule has 1 aromatic heterocycles.